The molecule has 0 bridgehead atoms. The Morgan fingerprint density at radius 3 is 2.62 bits per heavy atom. The summed E-state index contributed by atoms with van der Waals surface area (Å²) in [5, 5.41) is 0. The molecule has 0 saturated heterocycles. The number of allylic oxidation sites excluding steroid dienone is 2. The van der Waals surface area contributed by atoms with E-state index < -0.39 is 0 Å². The van der Waals surface area contributed by atoms with Crippen LogP contribution in [0, 0.1) is 0 Å². The molecule has 0 atom stereocenters. The van der Waals surface area contributed by atoms with Crippen LogP contribution in [0.2, 0.25) is 0 Å². The summed E-state index contributed by atoms with van der Waals surface area (Å²) in [6.45, 7) is 0. The second kappa shape index (κ2) is 6.18. The molecule has 0 fully saturated rings. The molecule has 0 saturated carbocycles. The fraction of sp³-hybridized carbons (Fsp3) is 0.250. The number of hydrogen-bond donors (Lipinski definition) is 0. The van der Waals surface area contributed by atoms with Gasteiger partial charge in [0.25, 0.3) is 0 Å². The molecule has 1 heteroatoms. The summed E-state index contributed by atoms with van der Waals surface area (Å²) < 4.78 is 0. The molecule has 0 aliphatic carbocycles. The van der Waals surface area contributed by atoms with Crippen molar-refractivity contribution in [3.63, 3.8) is 0 Å². The van der Waals surface area contributed by atoms with Crippen LogP contribution < -0.4 is 0 Å². The summed E-state index contributed by atoms with van der Waals surface area (Å²) in [6, 6.07) is 10.3. The van der Waals surface area contributed by atoms with Crippen LogP contribution in [0.15, 0.2) is 42.5 Å². The van der Waals surface area contributed by atoms with Gasteiger partial charge in [-0.2, -0.15) is 0 Å². The Bertz CT molecular complexity index is 262. The summed E-state index contributed by atoms with van der Waals surface area (Å²) in [5.41, 5.74) is 1.30. The van der Waals surface area contributed by atoms with E-state index in [0.29, 0.717) is 6.42 Å². The lowest BCUT2D eigenvalue weighted by Gasteiger charge is -1.93. The predicted octanol–water partition coefficient (Wildman–Crippen LogP) is 2.68. The quantitative estimate of drug-likeness (QED) is 0.494. The van der Waals surface area contributed by atoms with Gasteiger partial charge in [0.2, 0.25) is 0 Å². The molecule has 67 valence electrons. The van der Waals surface area contributed by atoms with E-state index in [1.807, 2.05) is 30.6 Å². The zero-order valence-electron chi connectivity index (χ0n) is 7.57. The van der Waals surface area contributed by atoms with Crippen molar-refractivity contribution in [2.24, 2.45) is 0 Å². The lowest BCUT2D eigenvalue weighted by molar-refractivity contribution is 0.552. The molecule has 0 spiro atoms. The number of unbranched alkanes of at least 4 members (excludes halogenated alkanes) is 1. The van der Waals surface area contributed by atoms with Crippen molar-refractivity contribution in [3.8, 4) is 0 Å². The Labute approximate surface area is 79.1 Å². The normalized spacial score (nSPS) is 10.5. The molecule has 13 heavy (non-hydrogen) atoms. The molecule has 0 N–H and O–H groups in total. The van der Waals surface area contributed by atoms with E-state index in [0.717, 1.165) is 12.8 Å². The molecule has 0 unspecified atom stereocenters. The van der Waals surface area contributed by atoms with Crippen LogP contribution in [0.4, 0.5) is 0 Å². The number of benzene rings is 1. The van der Waals surface area contributed by atoms with E-state index in [1.54, 1.807) is 0 Å². The first kappa shape index (κ1) is 9.72. The van der Waals surface area contributed by atoms with Crippen molar-refractivity contribution in [2.45, 2.75) is 19.3 Å². The minimum Gasteiger partial charge on any atom is -0.291 e. The van der Waals surface area contributed by atoms with E-state index in [9.17, 15) is 4.79 Å². The summed E-state index contributed by atoms with van der Waals surface area (Å²) in [7, 11) is 0. The monoisotopic (exact) mass is 173 g/mol. The second-order valence-corrected chi connectivity index (χ2v) is 2.84. The van der Waals surface area contributed by atoms with Crippen molar-refractivity contribution in [1.82, 2.24) is 0 Å². The zero-order chi connectivity index (χ0) is 9.36. The van der Waals surface area contributed by atoms with Crippen LogP contribution in [0.3, 0.4) is 0 Å². The van der Waals surface area contributed by atoms with Gasteiger partial charge in [0.1, 0.15) is 0 Å². The molecule has 0 aromatic heterocycles. The van der Waals surface area contributed by atoms with Crippen LogP contribution in [0.5, 0.6) is 0 Å². The molecule has 1 rings (SSSR count). The van der Waals surface area contributed by atoms with Gasteiger partial charge in [0.15, 0.2) is 6.29 Å². The molecule has 1 aromatic carbocycles. The van der Waals surface area contributed by atoms with Crippen molar-refractivity contribution in [2.75, 3.05) is 0 Å². The van der Waals surface area contributed by atoms with Gasteiger partial charge in [-0.25, -0.2) is 0 Å². The molecule has 0 amide bonds. The van der Waals surface area contributed by atoms with Gasteiger partial charge in [0.05, 0.1) is 0 Å². The molecular formula is C12H13O. The molecule has 1 nitrogen and oxygen atoms in total. The average Bonchev–Trinajstić information content (AvgIpc) is 2.19. The first-order chi connectivity index (χ1) is 6.43. The van der Waals surface area contributed by atoms with Crippen molar-refractivity contribution in [1.29, 1.82) is 0 Å². The molecule has 0 aliphatic heterocycles. The highest BCUT2D eigenvalue weighted by molar-refractivity contribution is 5.50. The lowest BCUT2D eigenvalue weighted by atomic mass is 10.1. The summed E-state index contributed by atoms with van der Waals surface area (Å²) in [5.74, 6) is 0. The van der Waals surface area contributed by atoms with Crippen molar-refractivity contribution < 1.29 is 4.79 Å². The van der Waals surface area contributed by atoms with Crippen LogP contribution in [-0.4, -0.2) is 6.29 Å². The van der Waals surface area contributed by atoms with Gasteiger partial charge in [-0.1, -0.05) is 42.5 Å². The summed E-state index contributed by atoms with van der Waals surface area (Å²) in [6.07, 6.45) is 8.23. The van der Waals surface area contributed by atoms with Gasteiger partial charge in [-0.05, 0) is 18.4 Å². The first-order valence-electron chi connectivity index (χ1n) is 4.47. The van der Waals surface area contributed by atoms with E-state index in [-0.39, 0.29) is 0 Å². The van der Waals surface area contributed by atoms with Gasteiger partial charge in [0, 0.05) is 6.42 Å². The fourth-order valence-electron chi connectivity index (χ4n) is 1.09. The molecule has 0 heterocycles. The van der Waals surface area contributed by atoms with Crippen LogP contribution >= 0.6 is 0 Å². The van der Waals surface area contributed by atoms with Gasteiger partial charge in [-0.3, -0.25) is 4.79 Å². The van der Waals surface area contributed by atoms with Crippen LogP contribution in [0.25, 0.3) is 0 Å². The topological polar surface area (TPSA) is 17.1 Å². The third-order valence-electron chi connectivity index (χ3n) is 1.78. The average molecular weight is 173 g/mol. The highest BCUT2D eigenvalue weighted by Crippen LogP contribution is 2.00. The minimum absolute atomic E-state index is 0.505. The standard InChI is InChI=1S/C12H13O/c13-11-7-2-1-4-8-12-9-5-3-6-10-12/h1,3-6,9-10H,2,7-8H2/b4-1+. The van der Waals surface area contributed by atoms with Crippen molar-refractivity contribution >= 4 is 6.29 Å². The Hall–Kier alpha value is -1.37. The van der Waals surface area contributed by atoms with Gasteiger partial charge < -0.3 is 0 Å². The maximum absolute atomic E-state index is 9.88. The molecular weight excluding hydrogens is 160 g/mol. The third kappa shape index (κ3) is 4.26. The van der Waals surface area contributed by atoms with Crippen molar-refractivity contribution in [3.05, 3.63) is 48.0 Å². The number of rotatable bonds is 5. The fourth-order valence-corrected chi connectivity index (χ4v) is 1.09. The number of hydrogen-bond acceptors (Lipinski definition) is 1. The summed E-state index contributed by atoms with van der Waals surface area (Å²) in [4.78, 5) is 9.88. The number of carbonyl (C=O) groups excluding carboxylic acids is 1. The van der Waals surface area contributed by atoms with Gasteiger partial charge >= 0.3 is 0 Å². The van der Waals surface area contributed by atoms with E-state index >= 15 is 0 Å². The van der Waals surface area contributed by atoms with Crippen LogP contribution in [-0.2, 0) is 11.2 Å². The Balaban J connectivity index is 2.26. The Morgan fingerprint density at radius 2 is 1.92 bits per heavy atom. The SMILES string of the molecule is O=[C]CC/C=C/Cc1ccccc1. The van der Waals surface area contributed by atoms with E-state index in [4.69, 9.17) is 0 Å². The highest BCUT2D eigenvalue weighted by atomic mass is 16.1. The van der Waals surface area contributed by atoms with E-state index in [2.05, 4.69) is 18.2 Å². The summed E-state index contributed by atoms with van der Waals surface area (Å²) >= 11 is 0. The smallest absolute Gasteiger partial charge is 0.198 e. The second-order valence-electron chi connectivity index (χ2n) is 2.84. The largest absolute Gasteiger partial charge is 0.291 e. The van der Waals surface area contributed by atoms with Gasteiger partial charge in [-0.15, -0.1) is 0 Å². The third-order valence-corrected chi connectivity index (χ3v) is 1.78. The predicted molar refractivity (Wildman–Crippen MR) is 54.2 cm³/mol. The molecule has 1 radical (unpaired) electrons. The Morgan fingerprint density at radius 1 is 1.15 bits per heavy atom. The lowest BCUT2D eigenvalue weighted by Crippen LogP contribution is -1.78. The van der Waals surface area contributed by atoms with E-state index in [1.165, 1.54) is 5.56 Å². The maximum atomic E-state index is 9.88. The first-order valence-corrected chi connectivity index (χ1v) is 4.47. The Kier molecular flexibility index (Phi) is 4.62. The molecule has 0 aliphatic rings. The maximum Gasteiger partial charge on any atom is 0.198 e. The zero-order valence-corrected chi connectivity index (χ0v) is 7.57. The highest BCUT2D eigenvalue weighted by Gasteiger charge is 1.85. The van der Waals surface area contributed by atoms with Crippen LogP contribution in [0.1, 0.15) is 18.4 Å². The molecule has 1 aromatic rings. The minimum atomic E-state index is 0.505.